The van der Waals surface area contributed by atoms with Gasteiger partial charge in [-0.25, -0.2) is 4.98 Å². The molecule has 1 aromatic carbocycles. The molecule has 10 heteroatoms. The fourth-order valence-corrected chi connectivity index (χ4v) is 4.77. The third-order valence-electron chi connectivity index (χ3n) is 5.92. The first-order valence-corrected chi connectivity index (χ1v) is 12.3. The largest absolute Gasteiger partial charge is 0.372 e. The number of anilines is 2. The van der Waals surface area contributed by atoms with Gasteiger partial charge in [-0.3, -0.25) is 9.78 Å². The van der Waals surface area contributed by atoms with Gasteiger partial charge in [-0.05, 0) is 38.1 Å². The summed E-state index contributed by atoms with van der Waals surface area (Å²) in [5, 5.41) is 9.43. The Balaban J connectivity index is 1.32. The fourth-order valence-electron chi connectivity index (χ4n) is 3.96. The number of hydrogen-bond acceptors (Lipinski definition) is 8. The fraction of sp³-hybridized carbons (Fsp3) is 0.435. The van der Waals surface area contributed by atoms with Crippen molar-refractivity contribution >= 4 is 29.2 Å². The van der Waals surface area contributed by atoms with E-state index in [4.69, 9.17) is 0 Å². The highest BCUT2D eigenvalue weighted by Gasteiger charge is 2.23. The van der Waals surface area contributed by atoms with Gasteiger partial charge in [0.15, 0.2) is 11.0 Å². The lowest BCUT2D eigenvalue weighted by Crippen LogP contribution is -2.49. The van der Waals surface area contributed by atoms with Crippen molar-refractivity contribution in [3.05, 3.63) is 42.9 Å². The van der Waals surface area contributed by atoms with Crippen LogP contribution in [0.1, 0.15) is 13.8 Å². The monoisotopic (exact) mass is 466 g/mol. The highest BCUT2D eigenvalue weighted by Crippen LogP contribution is 2.25. The van der Waals surface area contributed by atoms with Crippen LogP contribution in [0.15, 0.2) is 48.0 Å². The first kappa shape index (κ1) is 23.0. The highest BCUT2D eigenvalue weighted by atomic mass is 32.2. The number of amides is 1. The van der Waals surface area contributed by atoms with Crippen molar-refractivity contribution in [1.29, 1.82) is 0 Å². The summed E-state index contributed by atoms with van der Waals surface area (Å²) < 4.78 is 1.95. The number of hydrogen-bond donors (Lipinski definition) is 0. The molecule has 0 N–H and O–H groups in total. The summed E-state index contributed by atoms with van der Waals surface area (Å²) in [5.41, 5.74) is 2.21. The van der Waals surface area contributed by atoms with Crippen LogP contribution in [0.3, 0.4) is 0 Å². The van der Waals surface area contributed by atoms with Crippen molar-refractivity contribution < 1.29 is 4.79 Å². The standard InChI is InChI=1S/C23H30N8OS/c1-4-29(5-2)19-8-6-18(7-9-19)22-26-27-23(28(22)3)33-17-21(32)31-14-12-30(13-15-31)20-16-24-10-11-25-20/h6-11,16H,4-5,12-15,17H2,1-3H3. The Kier molecular flexibility index (Phi) is 7.43. The SMILES string of the molecule is CCN(CC)c1ccc(-c2nnc(SCC(=O)N3CCN(c4cnccn4)CC3)n2C)cc1. The van der Waals surface area contributed by atoms with Gasteiger partial charge < -0.3 is 19.3 Å². The predicted octanol–water partition coefficient (Wildman–Crippen LogP) is 2.56. The molecule has 0 unspecified atom stereocenters. The van der Waals surface area contributed by atoms with E-state index < -0.39 is 0 Å². The van der Waals surface area contributed by atoms with Crippen LogP contribution in [-0.2, 0) is 11.8 Å². The first-order valence-electron chi connectivity index (χ1n) is 11.3. The minimum absolute atomic E-state index is 0.118. The molecular weight excluding hydrogens is 436 g/mol. The predicted molar refractivity (Wildman–Crippen MR) is 132 cm³/mol. The Hall–Kier alpha value is -3.14. The van der Waals surface area contributed by atoms with Crippen LogP contribution in [0.5, 0.6) is 0 Å². The van der Waals surface area contributed by atoms with Gasteiger partial charge in [0.1, 0.15) is 5.82 Å². The molecule has 0 saturated carbocycles. The van der Waals surface area contributed by atoms with Gasteiger partial charge >= 0.3 is 0 Å². The topological polar surface area (TPSA) is 83.3 Å². The molecule has 174 valence electrons. The van der Waals surface area contributed by atoms with Gasteiger partial charge in [-0.1, -0.05) is 11.8 Å². The van der Waals surface area contributed by atoms with Crippen molar-refractivity contribution in [2.45, 2.75) is 19.0 Å². The molecule has 0 atom stereocenters. The lowest BCUT2D eigenvalue weighted by Gasteiger charge is -2.35. The Morgan fingerprint density at radius 2 is 1.76 bits per heavy atom. The molecule has 3 heterocycles. The number of carbonyl (C=O) groups excluding carboxylic acids is 1. The maximum absolute atomic E-state index is 12.8. The van der Waals surface area contributed by atoms with Gasteiger partial charge in [0.2, 0.25) is 5.91 Å². The molecule has 1 aliphatic heterocycles. The molecule has 2 aromatic heterocycles. The third-order valence-corrected chi connectivity index (χ3v) is 6.92. The zero-order valence-electron chi connectivity index (χ0n) is 19.4. The maximum atomic E-state index is 12.8. The zero-order chi connectivity index (χ0) is 23.2. The van der Waals surface area contributed by atoms with Crippen molar-refractivity contribution in [2.24, 2.45) is 7.05 Å². The summed E-state index contributed by atoms with van der Waals surface area (Å²) in [6.45, 7) is 9.14. The molecular formula is C23H30N8OS. The van der Waals surface area contributed by atoms with Crippen LogP contribution in [0.2, 0.25) is 0 Å². The first-order chi connectivity index (χ1) is 16.1. The van der Waals surface area contributed by atoms with E-state index in [-0.39, 0.29) is 5.91 Å². The Morgan fingerprint density at radius 3 is 2.39 bits per heavy atom. The molecule has 0 aliphatic carbocycles. The Morgan fingerprint density at radius 1 is 1.03 bits per heavy atom. The van der Waals surface area contributed by atoms with E-state index in [1.165, 1.54) is 17.4 Å². The Labute approximate surface area is 198 Å². The van der Waals surface area contributed by atoms with Crippen molar-refractivity contribution in [2.75, 3.05) is 54.8 Å². The average Bonchev–Trinajstić information content (AvgIpc) is 3.24. The summed E-state index contributed by atoms with van der Waals surface area (Å²) in [5.74, 6) is 2.12. The molecule has 0 radical (unpaired) electrons. The number of thioether (sulfide) groups is 1. The number of aromatic nitrogens is 5. The number of carbonyl (C=O) groups is 1. The zero-order valence-corrected chi connectivity index (χ0v) is 20.2. The highest BCUT2D eigenvalue weighted by molar-refractivity contribution is 7.99. The van der Waals surface area contributed by atoms with Gasteiger partial charge in [0, 0.05) is 70.0 Å². The maximum Gasteiger partial charge on any atom is 0.233 e. The van der Waals surface area contributed by atoms with Gasteiger partial charge in [-0.15, -0.1) is 10.2 Å². The summed E-state index contributed by atoms with van der Waals surface area (Å²) in [6.07, 6.45) is 5.12. The van der Waals surface area contributed by atoms with Crippen molar-refractivity contribution in [3.8, 4) is 11.4 Å². The molecule has 4 rings (SSSR count). The Bertz CT molecular complexity index is 1040. The van der Waals surface area contributed by atoms with E-state index in [2.05, 4.69) is 68.1 Å². The van der Waals surface area contributed by atoms with Gasteiger partial charge in [-0.2, -0.15) is 0 Å². The molecule has 9 nitrogen and oxygen atoms in total. The van der Waals surface area contributed by atoms with Gasteiger partial charge in [0.05, 0.1) is 11.9 Å². The van der Waals surface area contributed by atoms with Crippen LogP contribution < -0.4 is 9.80 Å². The smallest absolute Gasteiger partial charge is 0.233 e. The lowest BCUT2D eigenvalue weighted by atomic mass is 10.2. The van der Waals surface area contributed by atoms with Crippen molar-refractivity contribution in [1.82, 2.24) is 29.6 Å². The van der Waals surface area contributed by atoms with Crippen molar-refractivity contribution in [3.63, 3.8) is 0 Å². The second-order valence-corrected chi connectivity index (χ2v) is 8.75. The number of piperazine rings is 1. The van der Waals surface area contributed by atoms with Gasteiger partial charge in [0.25, 0.3) is 0 Å². The molecule has 1 amide bonds. The van der Waals surface area contributed by atoms with Crippen LogP contribution in [0.25, 0.3) is 11.4 Å². The molecule has 33 heavy (non-hydrogen) atoms. The van der Waals surface area contributed by atoms with Crippen LogP contribution >= 0.6 is 11.8 Å². The normalized spacial score (nSPS) is 13.9. The van der Waals surface area contributed by atoms with Crippen LogP contribution in [-0.4, -0.2) is 80.6 Å². The number of rotatable bonds is 8. The summed E-state index contributed by atoms with van der Waals surface area (Å²) in [7, 11) is 1.94. The molecule has 1 fully saturated rings. The second kappa shape index (κ2) is 10.7. The molecule has 3 aromatic rings. The molecule has 0 bridgehead atoms. The lowest BCUT2D eigenvalue weighted by molar-refractivity contribution is -0.128. The quantitative estimate of drug-likeness (QED) is 0.469. The van der Waals surface area contributed by atoms with Crippen LogP contribution in [0.4, 0.5) is 11.5 Å². The molecule has 0 spiro atoms. The van der Waals surface area contributed by atoms with Crippen LogP contribution in [0, 0.1) is 0 Å². The molecule has 1 saturated heterocycles. The summed E-state index contributed by atoms with van der Waals surface area (Å²) in [6, 6.07) is 8.39. The van der Waals surface area contributed by atoms with E-state index in [1.807, 2.05) is 16.5 Å². The molecule has 1 aliphatic rings. The van der Waals surface area contributed by atoms with E-state index in [1.54, 1.807) is 18.6 Å². The number of nitrogens with zero attached hydrogens (tertiary/aromatic N) is 8. The third kappa shape index (κ3) is 5.27. The average molecular weight is 467 g/mol. The summed E-state index contributed by atoms with van der Waals surface area (Å²) >= 11 is 1.43. The minimum Gasteiger partial charge on any atom is -0.372 e. The summed E-state index contributed by atoms with van der Waals surface area (Å²) in [4.78, 5) is 27.6. The van der Waals surface area contributed by atoms with E-state index in [0.717, 1.165) is 48.5 Å². The number of benzene rings is 1. The van der Waals surface area contributed by atoms with E-state index in [9.17, 15) is 4.79 Å². The van der Waals surface area contributed by atoms with E-state index >= 15 is 0 Å². The van der Waals surface area contributed by atoms with E-state index in [0.29, 0.717) is 18.8 Å². The minimum atomic E-state index is 0.118. The second-order valence-electron chi connectivity index (χ2n) is 7.80.